The molecule has 0 saturated carbocycles. The third-order valence-electron chi connectivity index (χ3n) is 3.04. The Balaban J connectivity index is 2.15. The van der Waals surface area contributed by atoms with Gasteiger partial charge in [-0.2, -0.15) is 4.98 Å². The van der Waals surface area contributed by atoms with E-state index in [0.717, 1.165) is 18.9 Å². The molecule has 1 saturated heterocycles. The Morgan fingerprint density at radius 1 is 1.37 bits per heavy atom. The maximum Gasteiger partial charge on any atom is 0.245 e. The number of halogens is 1. The summed E-state index contributed by atoms with van der Waals surface area (Å²) in [7, 11) is 1.57. The zero-order valence-electron chi connectivity index (χ0n) is 10.5. The molecule has 0 bridgehead atoms. The normalized spacial score (nSPS) is 16.0. The first-order chi connectivity index (χ1) is 9.35. The van der Waals surface area contributed by atoms with Gasteiger partial charge in [0.2, 0.25) is 5.88 Å². The van der Waals surface area contributed by atoms with Crippen LogP contribution in [0.1, 0.15) is 5.82 Å². The van der Waals surface area contributed by atoms with Crippen LogP contribution in [-0.2, 0) is 10.6 Å². The number of aromatic nitrogens is 4. The minimum atomic E-state index is 0.302. The topological polar surface area (TPSA) is 65.3 Å². The summed E-state index contributed by atoms with van der Waals surface area (Å²) in [6, 6.07) is 0. The minimum Gasteiger partial charge on any atom is -0.479 e. The first-order valence-corrected chi connectivity index (χ1v) is 6.54. The third kappa shape index (κ3) is 2.08. The van der Waals surface area contributed by atoms with Gasteiger partial charge in [0.05, 0.1) is 39.3 Å². The number of morpholine rings is 1. The molecule has 1 aliphatic heterocycles. The number of rotatable bonds is 3. The van der Waals surface area contributed by atoms with Crippen molar-refractivity contribution in [3.05, 3.63) is 12.2 Å². The van der Waals surface area contributed by atoms with E-state index in [1.54, 1.807) is 7.11 Å². The Labute approximate surface area is 115 Å². The second-order valence-electron chi connectivity index (χ2n) is 4.09. The van der Waals surface area contributed by atoms with Gasteiger partial charge in [-0.05, 0) is 0 Å². The van der Waals surface area contributed by atoms with E-state index in [-0.39, 0.29) is 0 Å². The van der Waals surface area contributed by atoms with Crippen LogP contribution in [0.25, 0.3) is 11.2 Å². The highest BCUT2D eigenvalue weighted by Gasteiger charge is 2.21. The molecule has 1 fully saturated rings. The maximum absolute atomic E-state index is 5.99. The van der Waals surface area contributed by atoms with Crippen LogP contribution in [-0.4, -0.2) is 53.0 Å². The van der Waals surface area contributed by atoms with Gasteiger partial charge in [-0.1, -0.05) is 0 Å². The van der Waals surface area contributed by atoms with Gasteiger partial charge in [-0.25, -0.2) is 14.6 Å². The highest BCUT2D eigenvalue weighted by molar-refractivity contribution is 6.16. The average Bonchev–Trinajstić information content (AvgIpc) is 2.86. The standard InChI is InChI=1S/C11H14ClN5O2/c1-18-11-9-10(13-7-14-11)17(8(6-12)15-9)16-2-4-19-5-3-16/h7H,2-6H2,1H3. The van der Waals surface area contributed by atoms with Gasteiger partial charge in [0, 0.05) is 0 Å². The number of hydrogen-bond acceptors (Lipinski definition) is 6. The number of nitrogens with zero attached hydrogens (tertiary/aromatic N) is 5. The Bertz CT molecular complexity index is 582. The molecule has 0 aliphatic carbocycles. The van der Waals surface area contributed by atoms with E-state index in [0.29, 0.717) is 36.1 Å². The fourth-order valence-electron chi connectivity index (χ4n) is 2.19. The smallest absolute Gasteiger partial charge is 0.245 e. The quantitative estimate of drug-likeness (QED) is 0.766. The number of imidazole rings is 1. The Kier molecular flexibility index (Phi) is 3.39. The summed E-state index contributed by atoms with van der Waals surface area (Å²) < 4.78 is 12.5. The summed E-state index contributed by atoms with van der Waals surface area (Å²) >= 11 is 5.99. The summed E-state index contributed by atoms with van der Waals surface area (Å²) in [5.41, 5.74) is 1.34. The van der Waals surface area contributed by atoms with Gasteiger partial charge in [0.25, 0.3) is 0 Å². The summed E-state index contributed by atoms with van der Waals surface area (Å²) in [4.78, 5) is 12.8. The molecule has 2 aromatic heterocycles. The van der Waals surface area contributed by atoms with Crippen molar-refractivity contribution in [1.29, 1.82) is 0 Å². The first kappa shape index (κ1) is 12.4. The van der Waals surface area contributed by atoms with Crippen LogP contribution < -0.4 is 9.75 Å². The van der Waals surface area contributed by atoms with E-state index in [1.807, 2.05) is 4.68 Å². The number of alkyl halides is 1. The van der Waals surface area contributed by atoms with Crippen LogP contribution in [0.2, 0.25) is 0 Å². The molecule has 3 heterocycles. The van der Waals surface area contributed by atoms with Crippen LogP contribution in [0, 0.1) is 0 Å². The lowest BCUT2D eigenvalue weighted by Gasteiger charge is -2.30. The molecule has 1 aliphatic rings. The van der Waals surface area contributed by atoms with E-state index >= 15 is 0 Å². The monoisotopic (exact) mass is 283 g/mol. The summed E-state index contributed by atoms with van der Waals surface area (Å²) in [5.74, 6) is 1.50. The molecule has 0 N–H and O–H groups in total. The fraction of sp³-hybridized carbons (Fsp3) is 0.545. The zero-order valence-corrected chi connectivity index (χ0v) is 11.3. The number of hydrogen-bond donors (Lipinski definition) is 0. The van der Waals surface area contributed by atoms with Crippen molar-refractivity contribution in [2.24, 2.45) is 0 Å². The largest absolute Gasteiger partial charge is 0.479 e. The zero-order chi connectivity index (χ0) is 13.2. The fourth-order valence-corrected chi connectivity index (χ4v) is 2.37. The first-order valence-electron chi connectivity index (χ1n) is 6.00. The van der Waals surface area contributed by atoms with Gasteiger partial charge in [-0.15, -0.1) is 11.6 Å². The summed E-state index contributed by atoms with van der Waals surface area (Å²) in [5, 5.41) is 2.13. The van der Waals surface area contributed by atoms with Crippen LogP contribution in [0.3, 0.4) is 0 Å². The minimum absolute atomic E-state index is 0.302. The van der Waals surface area contributed by atoms with Crippen LogP contribution in [0.5, 0.6) is 5.88 Å². The lowest BCUT2D eigenvalue weighted by Crippen LogP contribution is -2.44. The second-order valence-corrected chi connectivity index (χ2v) is 4.36. The summed E-state index contributed by atoms with van der Waals surface area (Å²) in [6.45, 7) is 2.93. The molecule has 0 spiro atoms. The molecule has 102 valence electrons. The van der Waals surface area contributed by atoms with Crippen molar-refractivity contribution in [3.8, 4) is 5.88 Å². The molecule has 8 heteroatoms. The average molecular weight is 284 g/mol. The summed E-state index contributed by atoms with van der Waals surface area (Å²) in [6.07, 6.45) is 1.47. The van der Waals surface area contributed by atoms with Crippen molar-refractivity contribution in [2.75, 3.05) is 38.4 Å². The van der Waals surface area contributed by atoms with E-state index < -0.39 is 0 Å². The molecular weight excluding hydrogens is 270 g/mol. The third-order valence-corrected chi connectivity index (χ3v) is 3.28. The predicted octanol–water partition coefficient (Wildman–Crippen LogP) is 0.542. The Morgan fingerprint density at radius 3 is 2.84 bits per heavy atom. The van der Waals surface area contributed by atoms with Gasteiger partial charge in [0.15, 0.2) is 11.2 Å². The number of methoxy groups -OCH3 is 1. The van der Waals surface area contributed by atoms with Gasteiger partial charge >= 0.3 is 0 Å². The van der Waals surface area contributed by atoms with E-state index in [9.17, 15) is 0 Å². The predicted molar refractivity (Wildman–Crippen MR) is 70.2 cm³/mol. The molecule has 7 nitrogen and oxygen atoms in total. The molecule has 0 radical (unpaired) electrons. The molecule has 0 unspecified atom stereocenters. The molecule has 0 aromatic carbocycles. The van der Waals surface area contributed by atoms with Crippen molar-refractivity contribution < 1.29 is 9.47 Å². The maximum atomic E-state index is 5.99. The molecule has 0 amide bonds. The van der Waals surface area contributed by atoms with Gasteiger partial charge < -0.3 is 14.5 Å². The molecule has 19 heavy (non-hydrogen) atoms. The SMILES string of the molecule is COc1ncnc2c1nc(CCl)n2N1CCOCC1. The molecule has 3 rings (SSSR count). The van der Waals surface area contributed by atoms with Crippen molar-refractivity contribution in [1.82, 2.24) is 19.6 Å². The molecule has 0 atom stereocenters. The van der Waals surface area contributed by atoms with E-state index in [2.05, 4.69) is 20.0 Å². The Hall–Kier alpha value is -1.60. The van der Waals surface area contributed by atoms with Crippen LogP contribution in [0.15, 0.2) is 6.33 Å². The van der Waals surface area contributed by atoms with E-state index in [1.165, 1.54) is 6.33 Å². The highest BCUT2D eigenvalue weighted by atomic mass is 35.5. The van der Waals surface area contributed by atoms with Crippen LogP contribution >= 0.6 is 11.6 Å². The molecular formula is C11H14ClN5O2. The number of fused-ring (bicyclic) bond motifs is 1. The molecule has 2 aromatic rings. The van der Waals surface area contributed by atoms with Crippen molar-refractivity contribution in [2.45, 2.75) is 5.88 Å². The van der Waals surface area contributed by atoms with Crippen molar-refractivity contribution in [3.63, 3.8) is 0 Å². The van der Waals surface area contributed by atoms with Crippen molar-refractivity contribution >= 4 is 22.8 Å². The van der Waals surface area contributed by atoms with Crippen LogP contribution in [0.4, 0.5) is 0 Å². The number of ether oxygens (including phenoxy) is 2. The Morgan fingerprint density at radius 2 is 2.16 bits per heavy atom. The lowest BCUT2D eigenvalue weighted by atomic mass is 10.5. The van der Waals surface area contributed by atoms with Gasteiger partial charge in [-0.3, -0.25) is 0 Å². The van der Waals surface area contributed by atoms with E-state index in [4.69, 9.17) is 21.1 Å². The lowest BCUT2D eigenvalue weighted by molar-refractivity contribution is 0.111. The van der Waals surface area contributed by atoms with Gasteiger partial charge in [0.1, 0.15) is 12.2 Å². The highest BCUT2D eigenvalue weighted by Crippen LogP contribution is 2.23. The second kappa shape index (κ2) is 5.18.